The molecule has 1 aromatic rings. The molecule has 0 aromatic heterocycles. The second kappa shape index (κ2) is 10.6. The van der Waals surface area contributed by atoms with Crippen LogP contribution in [0.25, 0.3) is 0 Å². The van der Waals surface area contributed by atoms with Crippen LogP contribution in [0.5, 0.6) is 0 Å². The summed E-state index contributed by atoms with van der Waals surface area (Å²) in [4.78, 5) is 6.69. The van der Waals surface area contributed by atoms with Crippen molar-refractivity contribution < 1.29 is 17.9 Å². The zero-order valence-corrected chi connectivity index (χ0v) is 18.3. The number of aliphatic imine (C=N–C) groups is 1. The van der Waals surface area contributed by atoms with Crippen molar-refractivity contribution in [3.8, 4) is 0 Å². The summed E-state index contributed by atoms with van der Waals surface area (Å²) >= 11 is 0. The van der Waals surface area contributed by atoms with E-state index in [0.717, 1.165) is 37.4 Å². The molecule has 0 amide bonds. The lowest BCUT2D eigenvalue weighted by Crippen LogP contribution is -2.51. The number of ether oxygens (including phenoxy) is 1. The number of nitrogens with one attached hydrogen (secondary N) is 2. The van der Waals surface area contributed by atoms with Gasteiger partial charge in [0.1, 0.15) is 0 Å². The van der Waals surface area contributed by atoms with Crippen LogP contribution in [0.1, 0.15) is 24.0 Å². The van der Waals surface area contributed by atoms with E-state index in [0.29, 0.717) is 31.5 Å². The van der Waals surface area contributed by atoms with Gasteiger partial charge in [-0.05, 0) is 43.5 Å². The Morgan fingerprint density at radius 2 is 2.00 bits per heavy atom. The molecule has 3 rings (SSSR count). The highest BCUT2D eigenvalue weighted by Gasteiger charge is 2.32. The Morgan fingerprint density at radius 1 is 1.25 bits per heavy atom. The fourth-order valence-corrected chi connectivity index (χ4v) is 3.63. The molecule has 0 radical (unpaired) electrons. The summed E-state index contributed by atoms with van der Waals surface area (Å²) in [7, 11) is 1.70. The van der Waals surface area contributed by atoms with Crippen LogP contribution in [0, 0.1) is 0 Å². The van der Waals surface area contributed by atoms with Crippen molar-refractivity contribution in [2.45, 2.75) is 37.6 Å². The smallest absolute Gasteiger partial charge is 0.373 e. The first-order chi connectivity index (χ1) is 13.0. The molecular formula is C19H28F3IN4O. The molecular weight excluding hydrogens is 484 g/mol. The fraction of sp³-hybridized carbons (Fsp3) is 0.632. The van der Waals surface area contributed by atoms with Crippen molar-refractivity contribution in [3.63, 3.8) is 0 Å². The summed E-state index contributed by atoms with van der Waals surface area (Å²) in [5.74, 6) is 0.675. The van der Waals surface area contributed by atoms with Gasteiger partial charge in [0.2, 0.25) is 0 Å². The molecule has 0 spiro atoms. The minimum atomic E-state index is -4.29. The minimum absolute atomic E-state index is 0. The normalized spacial score (nSPS) is 23.1. The third-order valence-electron chi connectivity index (χ3n) is 5.17. The van der Waals surface area contributed by atoms with Gasteiger partial charge < -0.3 is 15.4 Å². The number of fused-ring (bicyclic) bond motifs is 1. The minimum Gasteiger partial charge on any atom is -0.373 e. The van der Waals surface area contributed by atoms with Gasteiger partial charge in [0.15, 0.2) is 5.96 Å². The van der Waals surface area contributed by atoms with Crippen LogP contribution in [0.4, 0.5) is 13.2 Å². The molecule has 28 heavy (non-hydrogen) atoms. The maximum absolute atomic E-state index is 12.6. The topological polar surface area (TPSA) is 48.9 Å². The Bertz CT molecular complexity index is 639. The Hall–Kier alpha value is -1.07. The van der Waals surface area contributed by atoms with E-state index in [2.05, 4.69) is 20.5 Å². The summed E-state index contributed by atoms with van der Waals surface area (Å²) in [6.45, 7) is 4.17. The van der Waals surface area contributed by atoms with E-state index in [4.69, 9.17) is 4.74 Å². The molecule has 2 saturated heterocycles. The summed E-state index contributed by atoms with van der Waals surface area (Å²) in [5.41, 5.74) is 0.228. The van der Waals surface area contributed by atoms with E-state index in [1.807, 2.05) is 0 Å². The first kappa shape index (κ1) is 23.2. The molecule has 0 saturated carbocycles. The van der Waals surface area contributed by atoms with E-state index in [-0.39, 0.29) is 30.1 Å². The maximum atomic E-state index is 12.6. The Kier molecular flexibility index (Phi) is 8.81. The second-order valence-corrected chi connectivity index (χ2v) is 7.07. The molecule has 2 atom stereocenters. The number of rotatable bonds is 5. The molecule has 2 N–H and O–H groups in total. The molecule has 9 heteroatoms. The van der Waals surface area contributed by atoms with Crippen molar-refractivity contribution in [1.29, 1.82) is 0 Å². The van der Waals surface area contributed by atoms with Crippen LogP contribution < -0.4 is 10.6 Å². The van der Waals surface area contributed by atoms with E-state index < -0.39 is 11.7 Å². The number of morpholine rings is 1. The molecule has 2 fully saturated rings. The third-order valence-corrected chi connectivity index (χ3v) is 5.17. The molecule has 2 unspecified atom stereocenters. The summed E-state index contributed by atoms with van der Waals surface area (Å²) in [6, 6.07) is 5.86. The van der Waals surface area contributed by atoms with Crippen LogP contribution in [0.2, 0.25) is 0 Å². The maximum Gasteiger partial charge on any atom is 0.416 e. The van der Waals surface area contributed by atoms with Gasteiger partial charge in [-0.25, -0.2) is 0 Å². The first-order valence-corrected chi connectivity index (χ1v) is 9.42. The lowest BCUT2D eigenvalue weighted by Gasteiger charge is -2.35. The van der Waals surface area contributed by atoms with Gasteiger partial charge in [-0.3, -0.25) is 9.89 Å². The summed E-state index contributed by atoms with van der Waals surface area (Å²) < 4.78 is 43.7. The van der Waals surface area contributed by atoms with Crippen LogP contribution in [-0.4, -0.2) is 62.8 Å². The second-order valence-electron chi connectivity index (χ2n) is 7.07. The highest BCUT2D eigenvalue weighted by Crippen LogP contribution is 2.29. The largest absolute Gasteiger partial charge is 0.416 e. The molecule has 2 aliphatic rings. The Labute approximate surface area is 181 Å². The van der Waals surface area contributed by atoms with Crippen LogP contribution in [0.3, 0.4) is 0 Å². The van der Waals surface area contributed by atoms with Crippen molar-refractivity contribution in [2.75, 3.05) is 39.8 Å². The van der Waals surface area contributed by atoms with E-state index in [1.165, 1.54) is 25.0 Å². The van der Waals surface area contributed by atoms with Gasteiger partial charge >= 0.3 is 6.18 Å². The van der Waals surface area contributed by atoms with Crippen molar-refractivity contribution >= 4 is 29.9 Å². The number of hydrogen-bond acceptors (Lipinski definition) is 3. The van der Waals surface area contributed by atoms with Gasteiger partial charge in [-0.1, -0.05) is 12.1 Å². The quantitative estimate of drug-likeness (QED) is 0.362. The highest BCUT2D eigenvalue weighted by molar-refractivity contribution is 14.0. The monoisotopic (exact) mass is 512 g/mol. The average Bonchev–Trinajstić information content (AvgIpc) is 3.12. The lowest BCUT2D eigenvalue weighted by atomic mass is 10.1. The van der Waals surface area contributed by atoms with Gasteiger partial charge in [0.05, 0.1) is 18.3 Å². The number of halogens is 4. The number of nitrogens with zero attached hydrogens (tertiary/aromatic N) is 2. The average molecular weight is 512 g/mol. The molecule has 1 aromatic carbocycles. The third kappa shape index (κ3) is 6.48. The lowest BCUT2D eigenvalue weighted by molar-refractivity contribution is -0.137. The van der Waals surface area contributed by atoms with Gasteiger partial charge in [-0.15, -0.1) is 24.0 Å². The zero-order valence-electron chi connectivity index (χ0n) is 16.0. The molecule has 158 valence electrons. The molecule has 0 bridgehead atoms. The Balaban J connectivity index is 0.00000280. The number of hydrogen-bond donors (Lipinski definition) is 2. The van der Waals surface area contributed by atoms with Crippen LogP contribution in [-0.2, 0) is 17.3 Å². The molecule has 0 aliphatic carbocycles. The van der Waals surface area contributed by atoms with Gasteiger partial charge in [-0.2, -0.15) is 13.2 Å². The fourth-order valence-electron chi connectivity index (χ4n) is 3.63. The van der Waals surface area contributed by atoms with E-state index in [9.17, 15) is 13.2 Å². The van der Waals surface area contributed by atoms with Gasteiger partial charge in [0, 0.05) is 32.7 Å². The SMILES string of the molecule is CN=C(NCCc1ccc(C(F)(F)F)cc1)NCC1CN2CCCC2CO1.I. The highest BCUT2D eigenvalue weighted by atomic mass is 127. The summed E-state index contributed by atoms with van der Waals surface area (Å²) in [5, 5.41) is 6.47. The first-order valence-electron chi connectivity index (χ1n) is 9.42. The standard InChI is InChI=1S/C19H27F3N4O.HI/c1-23-18(25-11-17-12-26-10-2-3-16(26)13-27-17)24-9-8-14-4-6-15(7-5-14)19(20,21)22;/h4-7,16-17H,2-3,8-13H2,1H3,(H2,23,24,25);1H. The number of alkyl halides is 3. The molecule has 2 aliphatic heterocycles. The van der Waals surface area contributed by atoms with Gasteiger partial charge in [0.25, 0.3) is 0 Å². The molecule has 2 heterocycles. The van der Waals surface area contributed by atoms with Crippen LogP contribution in [0.15, 0.2) is 29.3 Å². The Morgan fingerprint density at radius 3 is 2.68 bits per heavy atom. The molecule has 5 nitrogen and oxygen atoms in total. The van der Waals surface area contributed by atoms with Crippen molar-refractivity contribution in [1.82, 2.24) is 15.5 Å². The summed E-state index contributed by atoms with van der Waals surface area (Å²) in [6.07, 6.45) is -1.05. The zero-order chi connectivity index (χ0) is 19.3. The van der Waals surface area contributed by atoms with Crippen molar-refractivity contribution in [3.05, 3.63) is 35.4 Å². The van der Waals surface area contributed by atoms with E-state index >= 15 is 0 Å². The predicted molar refractivity (Wildman–Crippen MR) is 114 cm³/mol. The number of benzene rings is 1. The number of guanidine groups is 1. The van der Waals surface area contributed by atoms with E-state index in [1.54, 1.807) is 7.05 Å². The van der Waals surface area contributed by atoms with Crippen LogP contribution >= 0.6 is 24.0 Å². The predicted octanol–water partition coefficient (Wildman–Crippen LogP) is 2.89. The van der Waals surface area contributed by atoms with Crippen molar-refractivity contribution in [2.24, 2.45) is 4.99 Å².